The van der Waals surface area contributed by atoms with Crippen LogP contribution in [0.15, 0.2) is 0 Å². The second kappa shape index (κ2) is 4.55. The Morgan fingerprint density at radius 2 is 1.76 bits per heavy atom. The molecule has 0 aliphatic heterocycles. The molecular weight excluding hydrogens is 240 g/mol. The van der Waals surface area contributed by atoms with Crippen molar-refractivity contribution >= 4 is 16.0 Å². The van der Waals surface area contributed by atoms with Gasteiger partial charge in [-0.2, -0.15) is 17.9 Å². The lowest BCUT2D eigenvalue weighted by molar-refractivity contribution is 0.453. The summed E-state index contributed by atoms with van der Waals surface area (Å²) in [7, 11) is -3.65. The molecule has 17 heavy (non-hydrogen) atoms. The quantitative estimate of drug-likeness (QED) is 0.436. The average molecular weight is 262 g/mol. The van der Waals surface area contributed by atoms with Gasteiger partial charge in [-0.05, 0) is 33.6 Å². The topological polar surface area (TPSA) is 108 Å². The van der Waals surface area contributed by atoms with E-state index in [1.54, 1.807) is 20.8 Å². The molecule has 0 radical (unpaired) electrons. The highest BCUT2D eigenvalue weighted by molar-refractivity contribution is 7.87. The molecule has 1 saturated carbocycles. The average Bonchev–Trinajstić information content (AvgIpc) is 2.47. The van der Waals surface area contributed by atoms with E-state index >= 15 is 0 Å². The first kappa shape index (κ1) is 14.4. The Balaban J connectivity index is 2.85. The van der Waals surface area contributed by atoms with Gasteiger partial charge in [-0.1, -0.05) is 12.8 Å². The maximum absolute atomic E-state index is 11.9. The Morgan fingerprint density at radius 3 is 2.12 bits per heavy atom. The number of nitrogens with two attached hydrogens (primary N) is 1. The van der Waals surface area contributed by atoms with Crippen LogP contribution in [0, 0.1) is 5.41 Å². The van der Waals surface area contributed by atoms with Crippen LogP contribution in [0.5, 0.6) is 0 Å². The van der Waals surface area contributed by atoms with Gasteiger partial charge < -0.3 is 5.73 Å². The van der Waals surface area contributed by atoms with Crippen LogP contribution in [-0.2, 0) is 10.2 Å². The number of nitrogens with one attached hydrogen (secondary N) is 3. The van der Waals surface area contributed by atoms with E-state index in [-0.39, 0.29) is 5.84 Å². The van der Waals surface area contributed by atoms with Crippen LogP contribution in [0.3, 0.4) is 0 Å². The van der Waals surface area contributed by atoms with E-state index in [4.69, 9.17) is 11.1 Å². The number of hydrogen-bond acceptors (Lipinski definition) is 3. The minimum absolute atomic E-state index is 0.103. The molecule has 0 atom stereocenters. The fraction of sp³-hybridized carbons (Fsp3) is 0.900. The molecule has 1 fully saturated rings. The highest BCUT2D eigenvalue weighted by Crippen LogP contribution is 2.30. The van der Waals surface area contributed by atoms with Crippen LogP contribution in [0.1, 0.15) is 46.5 Å². The predicted octanol–water partition coefficient (Wildman–Crippen LogP) is 0.458. The third-order valence-electron chi connectivity index (χ3n) is 2.74. The fourth-order valence-corrected chi connectivity index (χ4v) is 3.78. The molecular formula is C10H22N4O2S. The van der Waals surface area contributed by atoms with Crippen LogP contribution < -0.4 is 15.2 Å². The summed E-state index contributed by atoms with van der Waals surface area (Å²) in [5.74, 6) is -0.103. The fourth-order valence-electron chi connectivity index (χ4n) is 2.09. The molecule has 1 rings (SSSR count). The maximum atomic E-state index is 11.9. The van der Waals surface area contributed by atoms with Gasteiger partial charge in [0.25, 0.3) is 10.2 Å². The predicted molar refractivity (Wildman–Crippen MR) is 68.1 cm³/mol. The minimum Gasteiger partial charge on any atom is -0.386 e. The Bertz CT molecular complexity index is 391. The number of hydrogen-bond donors (Lipinski definition) is 4. The van der Waals surface area contributed by atoms with Crippen molar-refractivity contribution < 1.29 is 8.42 Å². The van der Waals surface area contributed by atoms with Gasteiger partial charge in [0.05, 0.1) is 5.54 Å². The first-order valence-corrected chi connectivity index (χ1v) is 7.22. The molecule has 0 aromatic rings. The standard InChI is InChI=1S/C10H22N4O2S/c1-9(2,3)13-17(15,16)14-10(8(11)12)6-4-5-7-10/h13-14H,4-7H2,1-3H3,(H3,11,12). The zero-order valence-electron chi connectivity index (χ0n) is 10.6. The van der Waals surface area contributed by atoms with E-state index < -0.39 is 21.3 Å². The lowest BCUT2D eigenvalue weighted by atomic mass is 9.98. The first-order valence-electron chi connectivity index (χ1n) is 5.74. The van der Waals surface area contributed by atoms with Crippen molar-refractivity contribution in [3.05, 3.63) is 0 Å². The van der Waals surface area contributed by atoms with Gasteiger partial charge >= 0.3 is 0 Å². The molecule has 0 aromatic heterocycles. The summed E-state index contributed by atoms with van der Waals surface area (Å²) in [6.07, 6.45) is 2.95. The third-order valence-corrected chi connectivity index (χ3v) is 4.28. The third kappa shape index (κ3) is 3.93. The van der Waals surface area contributed by atoms with Gasteiger partial charge in [0.2, 0.25) is 0 Å². The summed E-state index contributed by atoms with van der Waals surface area (Å²) in [4.78, 5) is 0. The molecule has 0 saturated heterocycles. The SMILES string of the molecule is CC(C)(C)NS(=O)(=O)NC1(C(=N)N)CCCC1. The Hall–Kier alpha value is -0.660. The highest BCUT2D eigenvalue weighted by atomic mass is 32.2. The summed E-state index contributed by atoms with van der Waals surface area (Å²) in [6, 6.07) is 0. The maximum Gasteiger partial charge on any atom is 0.278 e. The molecule has 0 aromatic carbocycles. The smallest absolute Gasteiger partial charge is 0.278 e. The second-order valence-electron chi connectivity index (χ2n) is 5.66. The molecule has 5 N–H and O–H groups in total. The van der Waals surface area contributed by atoms with Crippen molar-refractivity contribution in [3.63, 3.8) is 0 Å². The minimum atomic E-state index is -3.65. The van der Waals surface area contributed by atoms with Gasteiger partial charge in [-0.3, -0.25) is 5.41 Å². The summed E-state index contributed by atoms with van der Waals surface area (Å²) < 4.78 is 28.9. The van der Waals surface area contributed by atoms with Crippen LogP contribution >= 0.6 is 0 Å². The van der Waals surface area contributed by atoms with E-state index in [1.165, 1.54) is 0 Å². The Kier molecular flexibility index (Phi) is 3.85. The zero-order valence-corrected chi connectivity index (χ0v) is 11.4. The van der Waals surface area contributed by atoms with Gasteiger partial charge in [0, 0.05) is 5.54 Å². The van der Waals surface area contributed by atoms with Crippen molar-refractivity contribution in [3.8, 4) is 0 Å². The molecule has 100 valence electrons. The molecule has 1 aliphatic carbocycles. The largest absolute Gasteiger partial charge is 0.386 e. The number of amidine groups is 1. The van der Waals surface area contributed by atoms with E-state index in [0.29, 0.717) is 12.8 Å². The van der Waals surface area contributed by atoms with Gasteiger partial charge in [0.1, 0.15) is 5.84 Å². The Morgan fingerprint density at radius 1 is 1.29 bits per heavy atom. The highest BCUT2D eigenvalue weighted by Gasteiger charge is 2.41. The monoisotopic (exact) mass is 262 g/mol. The van der Waals surface area contributed by atoms with E-state index in [2.05, 4.69) is 9.44 Å². The molecule has 0 spiro atoms. The second-order valence-corrected chi connectivity index (χ2v) is 7.08. The van der Waals surface area contributed by atoms with Gasteiger partial charge in [-0.25, -0.2) is 0 Å². The van der Waals surface area contributed by atoms with E-state index in [9.17, 15) is 8.42 Å². The Labute approximate surface area is 103 Å². The van der Waals surface area contributed by atoms with E-state index in [0.717, 1.165) is 12.8 Å². The summed E-state index contributed by atoms with van der Waals surface area (Å²) in [6.45, 7) is 5.30. The molecule has 6 nitrogen and oxygen atoms in total. The molecule has 0 bridgehead atoms. The van der Waals surface area contributed by atoms with Crippen LogP contribution in [0.2, 0.25) is 0 Å². The van der Waals surface area contributed by atoms with Crippen molar-refractivity contribution in [1.29, 1.82) is 5.41 Å². The van der Waals surface area contributed by atoms with Crippen LogP contribution in [0.4, 0.5) is 0 Å². The molecule has 7 heteroatoms. The van der Waals surface area contributed by atoms with Crippen molar-refractivity contribution in [2.45, 2.75) is 57.5 Å². The van der Waals surface area contributed by atoms with Crippen molar-refractivity contribution in [2.24, 2.45) is 5.73 Å². The lowest BCUT2D eigenvalue weighted by Crippen LogP contribution is -2.60. The molecule has 1 aliphatic rings. The van der Waals surface area contributed by atoms with Gasteiger partial charge in [0.15, 0.2) is 0 Å². The first-order chi connectivity index (χ1) is 7.56. The van der Waals surface area contributed by atoms with E-state index in [1.807, 2.05) is 0 Å². The summed E-state index contributed by atoms with van der Waals surface area (Å²) >= 11 is 0. The van der Waals surface area contributed by atoms with Crippen molar-refractivity contribution in [1.82, 2.24) is 9.44 Å². The van der Waals surface area contributed by atoms with Crippen molar-refractivity contribution in [2.75, 3.05) is 0 Å². The van der Waals surface area contributed by atoms with Gasteiger partial charge in [-0.15, -0.1) is 0 Å². The number of rotatable bonds is 4. The molecule has 0 amide bonds. The molecule has 0 heterocycles. The summed E-state index contributed by atoms with van der Waals surface area (Å²) in [5, 5.41) is 7.57. The van der Waals surface area contributed by atoms with Crippen LogP contribution in [-0.4, -0.2) is 25.3 Å². The lowest BCUT2D eigenvalue weighted by Gasteiger charge is -2.30. The zero-order chi connectivity index (χ0) is 13.3. The normalized spacial score (nSPS) is 20.4. The summed E-state index contributed by atoms with van der Waals surface area (Å²) in [5.41, 5.74) is 4.09. The van der Waals surface area contributed by atoms with Crippen LogP contribution in [0.25, 0.3) is 0 Å². The molecule has 0 unspecified atom stereocenters.